The summed E-state index contributed by atoms with van der Waals surface area (Å²) in [6, 6.07) is 15.9. The van der Waals surface area contributed by atoms with E-state index in [1.54, 1.807) is 0 Å². The number of carbonyl (C=O) groups is 3. The zero-order valence-corrected chi connectivity index (χ0v) is 17.8. The minimum absolute atomic E-state index is 0.101. The third-order valence-electron chi connectivity index (χ3n) is 5.54. The predicted octanol–water partition coefficient (Wildman–Crippen LogP) is 1.49. The van der Waals surface area contributed by atoms with Crippen LogP contribution in [0.2, 0.25) is 0 Å². The van der Waals surface area contributed by atoms with Crippen molar-refractivity contribution in [1.82, 2.24) is 10.6 Å². The highest BCUT2D eigenvalue weighted by molar-refractivity contribution is 5.89. The summed E-state index contributed by atoms with van der Waals surface area (Å²) in [4.78, 5) is 35.8. The largest absolute Gasteiger partial charge is 0.479 e. The molecule has 0 spiro atoms. The zero-order chi connectivity index (χ0) is 23.3. The van der Waals surface area contributed by atoms with Crippen molar-refractivity contribution in [1.29, 1.82) is 0 Å². The molecule has 2 unspecified atom stereocenters. The van der Waals surface area contributed by atoms with E-state index in [9.17, 15) is 19.5 Å². The fraction of sp³-hybridized carbons (Fsp3) is 0.348. The molecule has 2 aromatic carbocycles. The second-order valence-electron chi connectivity index (χ2n) is 7.72. The van der Waals surface area contributed by atoms with Crippen molar-refractivity contribution in [2.24, 2.45) is 0 Å². The molecule has 2 amide bonds. The van der Waals surface area contributed by atoms with Crippen molar-refractivity contribution in [3.8, 4) is 11.1 Å². The van der Waals surface area contributed by atoms with Crippen LogP contribution in [0.4, 0.5) is 4.79 Å². The van der Waals surface area contributed by atoms with Gasteiger partial charge in [0.25, 0.3) is 5.91 Å². The third kappa shape index (κ3) is 4.74. The molecule has 0 heterocycles. The number of alkyl carbamates (subject to hydrolysis) is 1. The maximum absolute atomic E-state index is 12.3. The summed E-state index contributed by atoms with van der Waals surface area (Å²) < 4.78 is 10.4. The van der Waals surface area contributed by atoms with Crippen LogP contribution in [0.3, 0.4) is 0 Å². The first-order valence-corrected chi connectivity index (χ1v) is 10.1. The number of carbonyl (C=O) groups excluding carboxylic acids is 2. The highest BCUT2D eigenvalue weighted by atomic mass is 16.5. The number of methoxy groups -OCH3 is 1. The molecular formula is C23H26N2O7. The van der Waals surface area contributed by atoms with E-state index in [4.69, 9.17) is 14.6 Å². The van der Waals surface area contributed by atoms with Gasteiger partial charge >= 0.3 is 12.1 Å². The minimum atomic E-state index is -1.86. The van der Waals surface area contributed by atoms with Gasteiger partial charge in [-0.05, 0) is 29.2 Å². The van der Waals surface area contributed by atoms with Gasteiger partial charge in [-0.2, -0.15) is 0 Å². The maximum Gasteiger partial charge on any atom is 0.407 e. The lowest BCUT2D eigenvalue weighted by atomic mass is 9.98. The second kappa shape index (κ2) is 9.80. The molecule has 0 fully saturated rings. The third-order valence-corrected chi connectivity index (χ3v) is 5.54. The first-order valence-electron chi connectivity index (χ1n) is 10.1. The van der Waals surface area contributed by atoms with Gasteiger partial charge in [0.15, 0.2) is 11.6 Å². The van der Waals surface area contributed by atoms with Crippen LogP contribution in [-0.2, 0) is 19.1 Å². The number of fused-ring (bicyclic) bond motifs is 3. The number of benzene rings is 2. The van der Waals surface area contributed by atoms with E-state index in [1.807, 2.05) is 48.5 Å². The molecule has 2 atom stereocenters. The smallest absolute Gasteiger partial charge is 0.407 e. The first kappa shape index (κ1) is 23.2. The second-order valence-corrected chi connectivity index (χ2v) is 7.72. The molecule has 170 valence electrons. The van der Waals surface area contributed by atoms with Crippen LogP contribution < -0.4 is 10.6 Å². The lowest BCUT2D eigenvalue weighted by Gasteiger charge is -2.26. The lowest BCUT2D eigenvalue weighted by molar-refractivity contribution is -0.150. The number of aliphatic hydroxyl groups is 1. The number of nitrogens with one attached hydrogen (secondary N) is 2. The number of aliphatic hydroxyl groups excluding tert-OH is 1. The van der Waals surface area contributed by atoms with Crippen LogP contribution in [0, 0.1) is 0 Å². The summed E-state index contributed by atoms with van der Waals surface area (Å²) in [5.74, 6) is -2.28. The summed E-state index contributed by atoms with van der Waals surface area (Å²) in [5.41, 5.74) is 2.51. The Balaban J connectivity index is 1.57. The summed E-state index contributed by atoms with van der Waals surface area (Å²) in [7, 11) is 1.25. The van der Waals surface area contributed by atoms with Crippen molar-refractivity contribution in [2.75, 3.05) is 26.9 Å². The van der Waals surface area contributed by atoms with E-state index in [-0.39, 0.29) is 19.1 Å². The topological polar surface area (TPSA) is 134 Å². The van der Waals surface area contributed by atoms with Gasteiger partial charge in [0.2, 0.25) is 0 Å². The van der Waals surface area contributed by atoms with Gasteiger partial charge in [-0.15, -0.1) is 0 Å². The van der Waals surface area contributed by atoms with Crippen molar-refractivity contribution in [2.45, 2.75) is 24.5 Å². The molecule has 0 saturated heterocycles. The minimum Gasteiger partial charge on any atom is -0.479 e. The Bertz CT molecular complexity index is 964. The molecule has 32 heavy (non-hydrogen) atoms. The monoisotopic (exact) mass is 442 g/mol. The van der Waals surface area contributed by atoms with Crippen LogP contribution in [0.25, 0.3) is 11.1 Å². The number of aliphatic carboxylic acids is 1. The number of hydrogen-bond acceptors (Lipinski definition) is 6. The molecule has 9 nitrogen and oxygen atoms in total. The Morgan fingerprint density at radius 3 is 2.12 bits per heavy atom. The van der Waals surface area contributed by atoms with E-state index in [0.717, 1.165) is 22.3 Å². The van der Waals surface area contributed by atoms with Crippen molar-refractivity contribution in [3.63, 3.8) is 0 Å². The van der Waals surface area contributed by atoms with Crippen molar-refractivity contribution < 1.29 is 34.1 Å². The molecule has 0 aromatic heterocycles. The number of amides is 2. The van der Waals surface area contributed by atoms with Gasteiger partial charge < -0.3 is 30.3 Å². The number of carboxylic acid groups (broad SMARTS) is 1. The highest BCUT2D eigenvalue weighted by Gasteiger charge is 2.36. The van der Waals surface area contributed by atoms with Crippen LogP contribution in [0.1, 0.15) is 24.0 Å². The van der Waals surface area contributed by atoms with Crippen LogP contribution in [0.15, 0.2) is 48.5 Å². The lowest BCUT2D eigenvalue weighted by Crippen LogP contribution is -2.58. The van der Waals surface area contributed by atoms with Crippen molar-refractivity contribution >= 4 is 18.0 Å². The Morgan fingerprint density at radius 1 is 1.06 bits per heavy atom. The van der Waals surface area contributed by atoms with E-state index in [0.29, 0.717) is 0 Å². The van der Waals surface area contributed by atoms with Crippen molar-refractivity contribution in [3.05, 3.63) is 59.7 Å². The number of rotatable bonds is 9. The maximum atomic E-state index is 12.3. The molecule has 0 radical (unpaired) electrons. The van der Waals surface area contributed by atoms with Gasteiger partial charge in [0.1, 0.15) is 6.61 Å². The molecule has 0 bridgehead atoms. The van der Waals surface area contributed by atoms with Gasteiger partial charge in [0.05, 0.1) is 13.2 Å². The molecule has 1 aliphatic rings. The SMILES string of the molecule is COC(CNC(=O)OCC1c2ccccc2-c2ccccc21)C(=O)NC(C)(CO)C(=O)O. The average molecular weight is 442 g/mol. The number of ether oxygens (including phenoxy) is 2. The molecular weight excluding hydrogens is 416 g/mol. The number of carboxylic acids is 1. The average Bonchev–Trinajstić information content (AvgIpc) is 3.11. The Hall–Kier alpha value is -3.43. The van der Waals surface area contributed by atoms with E-state index >= 15 is 0 Å². The van der Waals surface area contributed by atoms with E-state index < -0.39 is 36.2 Å². The number of hydrogen-bond donors (Lipinski definition) is 4. The predicted molar refractivity (Wildman–Crippen MR) is 115 cm³/mol. The quantitative estimate of drug-likeness (QED) is 0.462. The Morgan fingerprint density at radius 2 is 1.62 bits per heavy atom. The normalized spacial score (nSPS) is 15.1. The van der Waals surface area contributed by atoms with Gasteiger partial charge in [-0.25, -0.2) is 9.59 Å². The Labute approximate surface area is 185 Å². The molecule has 3 rings (SSSR count). The first-order chi connectivity index (χ1) is 15.3. The van der Waals surface area contributed by atoms with Gasteiger partial charge in [-0.3, -0.25) is 4.79 Å². The molecule has 2 aromatic rings. The zero-order valence-electron chi connectivity index (χ0n) is 17.8. The van der Waals surface area contributed by atoms with E-state index in [2.05, 4.69) is 10.6 Å². The van der Waals surface area contributed by atoms with Crippen LogP contribution >= 0.6 is 0 Å². The van der Waals surface area contributed by atoms with Gasteiger partial charge in [0, 0.05) is 13.0 Å². The molecule has 0 aliphatic heterocycles. The molecule has 1 aliphatic carbocycles. The van der Waals surface area contributed by atoms with Crippen LogP contribution in [-0.4, -0.2) is 66.7 Å². The van der Waals surface area contributed by atoms with Gasteiger partial charge in [-0.1, -0.05) is 48.5 Å². The summed E-state index contributed by atoms with van der Waals surface area (Å²) >= 11 is 0. The summed E-state index contributed by atoms with van der Waals surface area (Å²) in [6.07, 6.45) is -1.90. The fourth-order valence-corrected chi connectivity index (χ4v) is 3.62. The summed E-state index contributed by atoms with van der Waals surface area (Å²) in [6.45, 7) is 0.245. The fourth-order valence-electron chi connectivity index (χ4n) is 3.62. The molecule has 0 saturated carbocycles. The van der Waals surface area contributed by atoms with E-state index in [1.165, 1.54) is 14.0 Å². The summed E-state index contributed by atoms with van der Waals surface area (Å²) in [5, 5.41) is 23.1. The molecule has 4 N–H and O–H groups in total. The standard InChI is InChI=1S/C23H26N2O7/c1-23(13-26,21(28)29)25-20(27)19(31-2)11-24-22(30)32-12-18-16-9-5-3-7-14(16)15-8-4-6-10-17(15)18/h3-10,18-19,26H,11-13H2,1-2H3,(H,24,30)(H,25,27)(H,28,29). The molecule has 9 heteroatoms. The van der Waals surface area contributed by atoms with Crippen LogP contribution in [0.5, 0.6) is 0 Å². The Kier molecular flexibility index (Phi) is 7.12. The highest BCUT2D eigenvalue weighted by Crippen LogP contribution is 2.44.